The van der Waals surface area contributed by atoms with Crippen molar-refractivity contribution in [2.24, 2.45) is 0 Å². The molecule has 0 unspecified atom stereocenters. The Kier molecular flexibility index (Phi) is 2.11. The van der Waals surface area contributed by atoms with E-state index >= 15 is 0 Å². The molecule has 0 spiro atoms. The molecule has 2 atom stereocenters. The number of epoxide rings is 1. The third kappa shape index (κ3) is 1.55. The molecule has 1 aromatic carbocycles. The van der Waals surface area contributed by atoms with Crippen LogP contribution in [0.25, 0.3) is 0 Å². The minimum atomic E-state index is -0.381. The van der Waals surface area contributed by atoms with Gasteiger partial charge in [-0.25, -0.2) is 0 Å². The quantitative estimate of drug-likeness (QED) is 0.582. The zero-order chi connectivity index (χ0) is 11.0. The highest BCUT2D eigenvalue weighted by Gasteiger charge is 2.47. The molecule has 2 heterocycles. The third-order valence-corrected chi connectivity index (χ3v) is 2.64. The summed E-state index contributed by atoms with van der Waals surface area (Å²) in [5.41, 5.74) is 1.03. The van der Waals surface area contributed by atoms with Crippen LogP contribution in [-0.4, -0.2) is 11.9 Å². The lowest BCUT2D eigenvalue weighted by Crippen LogP contribution is -2.06. The number of benzene rings is 1. The van der Waals surface area contributed by atoms with Crippen molar-refractivity contribution in [3.05, 3.63) is 60.1 Å². The Labute approximate surface area is 92.6 Å². The van der Waals surface area contributed by atoms with Crippen molar-refractivity contribution in [2.75, 3.05) is 0 Å². The predicted octanol–water partition coefficient (Wildman–Crippen LogP) is 2.60. The molecule has 0 saturated carbocycles. The minimum Gasteiger partial charge on any atom is -0.461 e. The normalized spacial score (nSPS) is 23.0. The van der Waals surface area contributed by atoms with Crippen LogP contribution in [-0.2, 0) is 4.74 Å². The maximum Gasteiger partial charge on any atom is 0.229 e. The fourth-order valence-electron chi connectivity index (χ4n) is 1.77. The Morgan fingerprint density at radius 3 is 2.56 bits per heavy atom. The van der Waals surface area contributed by atoms with E-state index in [0.717, 1.165) is 5.56 Å². The maximum absolute atomic E-state index is 11.8. The van der Waals surface area contributed by atoms with Crippen molar-refractivity contribution < 1.29 is 13.9 Å². The second-order valence-corrected chi connectivity index (χ2v) is 3.73. The minimum absolute atomic E-state index is 0.0844. The van der Waals surface area contributed by atoms with E-state index in [2.05, 4.69) is 0 Å². The van der Waals surface area contributed by atoms with Gasteiger partial charge in [0.1, 0.15) is 6.10 Å². The first kappa shape index (κ1) is 9.36. The highest BCUT2D eigenvalue weighted by molar-refractivity contribution is 5.99. The first-order chi connectivity index (χ1) is 7.86. The number of ketones is 1. The summed E-state index contributed by atoms with van der Waals surface area (Å²) in [5.74, 6) is 0.280. The van der Waals surface area contributed by atoms with E-state index in [-0.39, 0.29) is 18.0 Å². The van der Waals surface area contributed by atoms with E-state index in [1.165, 1.54) is 6.26 Å². The Balaban J connectivity index is 1.75. The number of carbonyl (C=O) groups is 1. The van der Waals surface area contributed by atoms with Crippen LogP contribution in [0.5, 0.6) is 0 Å². The standard InChI is InChI=1S/C13H10O3/c14-11(10-7-4-8-15-10)13-12(16-13)9-5-2-1-3-6-9/h1-8,12-13H/t12-,13+/m0/s1. The molecule has 0 aliphatic carbocycles. The number of Topliss-reactive ketones (excluding diaryl/α,β-unsaturated/α-hetero) is 1. The number of rotatable bonds is 3. The fourth-order valence-corrected chi connectivity index (χ4v) is 1.77. The number of carbonyl (C=O) groups excluding carboxylic acids is 1. The largest absolute Gasteiger partial charge is 0.461 e. The Bertz CT molecular complexity index is 487. The van der Waals surface area contributed by atoms with Crippen LogP contribution in [0.3, 0.4) is 0 Å². The van der Waals surface area contributed by atoms with Crippen LogP contribution in [0.2, 0.25) is 0 Å². The lowest BCUT2D eigenvalue weighted by atomic mass is 10.1. The summed E-state index contributed by atoms with van der Waals surface area (Å²) >= 11 is 0. The van der Waals surface area contributed by atoms with Gasteiger partial charge in [-0.3, -0.25) is 4.79 Å². The van der Waals surface area contributed by atoms with Crippen LogP contribution >= 0.6 is 0 Å². The SMILES string of the molecule is O=C(c1ccco1)[C@H]1O[C@H]1c1ccccc1. The summed E-state index contributed by atoms with van der Waals surface area (Å²) in [6.07, 6.45) is 1.000. The summed E-state index contributed by atoms with van der Waals surface area (Å²) < 4.78 is 10.4. The third-order valence-electron chi connectivity index (χ3n) is 2.64. The monoisotopic (exact) mass is 214 g/mol. The zero-order valence-electron chi connectivity index (χ0n) is 8.50. The summed E-state index contributed by atoms with van der Waals surface area (Å²) in [6, 6.07) is 13.1. The summed E-state index contributed by atoms with van der Waals surface area (Å²) in [4.78, 5) is 11.8. The van der Waals surface area contributed by atoms with Gasteiger partial charge >= 0.3 is 0 Å². The Hall–Kier alpha value is -1.87. The molecule has 0 bridgehead atoms. The average Bonchev–Trinajstić information content (AvgIpc) is 2.95. The van der Waals surface area contributed by atoms with Crippen molar-refractivity contribution in [3.63, 3.8) is 0 Å². The van der Waals surface area contributed by atoms with Gasteiger partial charge in [0.15, 0.2) is 11.9 Å². The second kappa shape index (κ2) is 3.61. The highest BCUT2D eigenvalue weighted by Crippen LogP contribution is 2.40. The molecule has 2 aromatic rings. The molecule has 3 rings (SSSR count). The molecule has 3 nitrogen and oxygen atoms in total. The van der Waals surface area contributed by atoms with Crippen LogP contribution in [0.1, 0.15) is 22.2 Å². The molecule has 0 radical (unpaired) electrons. The Morgan fingerprint density at radius 2 is 1.88 bits per heavy atom. The smallest absolute Gasteiger partial charge is 0.229 e. The van der Waals surface area contributed by atoms with Gasteiger partial charge in [-0.05, 0) is 17.7 Å². The molecular formula is C13H10O3. The zero-order valence-corrected chi connectivity index (χ0v) is 8.50. The number of hydrogen-bond acceptors (Lipinski definition) is 3. The lowest BCUT2D eigenvalue weighted by molar-refractivity contribution is 0.0926. The van der Waals surface area contributed by atoms with Crippen LogP contribution < -0.4 is 0 Å². The van der Waals surface area contributed by atoms with Gasteiger partial charge in [0.05, 0.1) is 6.26 Å². The molecule has 1 saturated heterocycles. The summed E-state index contributed by atoms with van der Waals surface area (Å²) in [5, 5.41) is 0. The van der Waals surface area contributed by atoms with Gasteiger partial charge in [-0.1, -0.05) is 30.3 Å². The molecule has 3 heteroatoms. The van der Waals surface area contributed by atoms with Crippen molar-refractivity contribution in [2.45, 2.75) is 12.2 Å². The van der Waals surface area contributed by atoms with Gasteiger partial charge < -0.3 is 9.15 Å². The van der Waals surface area contributed by atoms with Gasteiger partial charge in [0.2, 0.25) is 5.78 Å². The molecule has 1 aliphatic rings. The average molecular weight is 214 g/mol. The molecule has 1 aliphatic heterocycles. The van der Waals surface area contributed by atoms with E-state index < -0.39 is 0 Å². The van der Waals surface area contributed by atoms with E-state index in [0.29, 0.717) is 5.76 Å². The molecule has 16 heavy (non-hydrogen) atoms. The van der Waals surface area contributed by atoms with Crippen molar-refractivity contribution in [1.82, 2.24) is 0 Å². The van der Waals surface area contributed by atoms with E-state index in [4.69, 9.17) is 9.15 Å². The van der Waals surface area contributed by atoms with E-state index in [1.54, 1.807) is 12.1 Å². The summed E-state index contributed by atoms with van der Waals surface area (Å²) in [7, 11) is 0. The van der Waals surface area contributed by atoms with E-state index in [9.17, 15) is 4.79 Å². The van der Waals surface area contributed by atoms with Crippen LogP contribution in [0.15, 0.2) is 53.1 Å². The number of furan rings is 1. The second-order valence-electron chi connectivity index (χ2n) is 3.73. The molecule has 0 amide bonds. The number of ether oxygens (including phenoxy) is 1. The maximum atomic E-state index is 11.8. The van der Waals surface area contributed by atoms with Crippen LogP contribution in [0, 0.1) is 0 Å². The fraction of sp³-hybridized carbons (Fsp3) is 0.154. The molecule has 1 fully saturated rings. The van der Waals surface area contributed by atoms with E-state index in [1.807, 2.05) is 30.3 Å². The van der Waals surface area contributed by atoms with Gasteiger partial charge in [0, 0.05) is 0 Å². The van der Waals surface area contributed by atoms with Crippen molar-refractivity contribution in [1.29, 1.82) is 0 Å². The molecule has 1 aromatic heterocycles. The van der Waals surface area contributed by atoms with Gasteiger partial charge in [-0.2, -0.15) is 0 Å². The van der Waals surface area contributed by atoms with Gasteiger partial charge in [-0.15, -0.1) is 0 Å². The first-order valence-electron chi connectivity index (χ1n) is 5.14. The molecule has 80 valence electrons. The topological polar surface area (TPSA) is 42.7 Å². The summed E-state index contributed by atoms with van der Waals surface area (Å²) in [6.45, 7) is 0. The predicted molar refractivity (Wildman–Crippen MR) is 57.1 cm³/mol. The van der Waals surface area contributed by atoms with Crippen molar-refractivity contribution >= 4 is 5.78 Å². The Morgan fingerprint density at radius 1 is 1.06 bits per heavy atom. The lowest BCUT2D eigenvalue weighted by Gasteiger charge is -1.93. The highest BCUT2D eigenvalue weighted by atomic mass is 16.6. The van der Waals surface area contributed by atoms with Gasteiger partial charge in [0.25, 0.3) is 0 Å². The molecule has 0 N–H and O–H groups in total. The number of hydrogen-bond donors (Lipinski definition) is 0. The van der Waals surface area contributed by atoms with Crippen molar-refractivity contribution in [3.8, 4) is 0 Å². The molecular weight excluding hydrogens is 204 g/mol. The van der Waals surface area contributed by atoms with Crippen LogP contribution in [0.4, 0.5) is 0 Å². The first-order valence-corrected chi connectivity index (χ1v) is 5.14.